The van der Waals surface area contributed by atoms with Crippen LogP contribution in [0.2, 0.25) is 0 Å². The van der Waals surface area contributed by atoms with Gasteiger partial charge in [-0.25, -0.2) is 0 Å². The van der Waals surface area contributed by atoms with Crippen LogP contribution >= 0.6 is 0 Å². The lowest BCUT2D eigenvalue weighted by Gasteiger charge is -2.22. The van der Waals surface area contributed by atoms with Crippen LogP contribution in [0.4, 0.5) is 5.69 Å². The van der Waals surface area contributed by atoms with Crippen molar-refractivity contribution < 1.29 is 9.59 Å². The zero-order valence-electron chi connectivity index (χ0n) is 13.3. The number of hydrogen-bond acceptors (Lipinski definition) is 2. The molecule has 1 aliphatic rings. The molecule has 1 atom stereocenters. The normalized spacial score (nSPS) is 17.1. The van der Waals surface area contributed by atoms with Gasteiger partial charge in [-0.05, 0) is 37.8 Å². The summed E-state index contributed by atoms with van der Waals surface area (Å²) in [6.07, 6.45) is 6.88. The van der Waals surface area contributed by atoms with E-state index in [1.807, 2.05) is 31.2 Å². The predicted molar refractivity (Wildman–Crippen MR) is 88.3 cm³/mol. The number of nitrogens with zero attached hydrogens (tertiary/aromatic N) is 1. The van der Waals surface area contributed by atoms with Crippen molar-refractivity contribution >= 4 is 17.5 Å². The highest BCUT2D eigenvalue weighted by Gasteiger charge is 2.20. The van der Waals surface area contributed by atoms with E-state index < -0.39 is 0 Å². The van der Waals surface area contributed by atoms with Crippen molar-refractivity contribution in [3.8, 4) is 0 Å². The molecule has 0 radical (unpaired) electrons. The first-order chi connectivity index (χ1) is 10.6. The van der Waals surface area contributed by atoms with Gasteiger partial charge < -0.3 is 10.2 Å². The molecule has 0 spiro atoms. The molecule has 0 aliphatic heterocycles. The van der Waals surface area contributed by atoms with Crippen LogP contribution in [0.3, 0.4) is 0 Å². The molecule has 1 aliphatic carbocycles. The zero-order valence-corrected chi connectivity index (χ0v) is 13.3. The van der Waals surface area contributed by atoms with Crippen molar-refractivity contribution in [2.75, 3.05) is 11.9 Å². The molecule has 0 fully saturated rings. The lowest BCUT2D eigenvalue weighted by molar-refractivity contribution is -0.129. The highest BCUT2D eigenvalue weighted by molar-refractivity contribution is 5.93. The third-order valence-electron chi connectivity index (χ3n) is 4.10. The first-order valence-corrected chi connectivity index (χ1v) is 7.91. The number of hydrogen-bond donors (Lipinski definition) is 1. The summed E-state index contributed by atoms with van der Waals surface area (Å²) in [5.74, 6) is 0.164. The van der Waals surface area contributed by atoms with E-state index in [-0.39, 0.29) is 17.7 Å². The molecule has 4 heteroatoms. The molecule has 0 aromatic heterocycles. The van der Waals surface area contributed by atoms with Gasteiger partial charge in [0.25, 0.3) is 0 Å². The summed E-state index contributed by atoms with van der Waals surface area (Å²) in [5, 5.41) is 3.04. The Labute approximate surface area is 132 Å². The van der Waals surface area contributed by atoms with Gasteiger partial charge in [-0.15, -0.1) is 0 Å². The Morgan fingerprint density at radius 1 is 1.27 bits per heavy atom. The van der Waals surface area contributed by atoms with Crippen LogP contribution in [0.1, 0.15) is 38.7 Å². The molecule has 1 aromatic carbocycles. The average Bonchev–Trinajstić information content (AvgIpc) is 2.54. The smallest absolute Gasteiger partial charge is 0.227 e. The molecule has 2 rings (SSSR count). The lowest BCUT2D eigenvalue weighted by atomic mass is 9.93. The van der Waals surface area contributed by atoms with Crippen LogP contribution in [0, 0.1) is 5.92 Å². The van der Waals surface area contributed by atoms with Crippen LogP contribution in [-0.4, -0.2) is 23.3 Å². The summed E-state index contributed by atoms with van der Waals surface area (Å²) in [7, 11) is 0. The molecular formula is C18H24N2O2. The second kappa shape index (κ2) is 7.78. The Morgan fingerprint density at radius 2 is 2.05 bits per heavy atom. The lowest BCUT2D eigenvalue weighted by Crippen LogP contribution is -2.29. The monoisotopic (exact) mass is 300 g/mol. The maximum absolute atomic E-state index is 12.4. The van der Waals surface area contributed by atoms with Crippen LogP contribution in [0.5, 0.6) is 0 Å². The van der Waals surface area contributed by atoms with Gasteiger partial charge in [-0.3, -0.25) is 9.59 Å². The summed E-state index contributed by atoms with van der Waals surface area (Å²) in [4.78, 5) is 25.7. The third-order valence-corrected chi connectivity index (χ3v) is 4.10. The van der Waals surface area contributed by atoms with E-state index in [4.69, 9.17) is 0 Å². The highest BCUT2D eigenvalue weighted by atomic mass is 16.2. The molecule has 2 amide bonds. The van der Waals surface area contributed by atoms with E-state index in [1.165, 1.54) is 0 Å². The number of anilines is 1. The number of allylic oxidation sites excluding steroid dienone is 2. The molecule has 1 N–H and O–H groups in total. The minimum Gasteiger partial charge on any atom is -0.339 e. The molecular weight excluding hydrogens is 276 g/mol. The van der Waals surface area contributed by atoms with Crippen LogP contribution in [0.25, 0.3) is 0 Å². The fourth-order valence-corrected chi connectivity index (χ4v) is 2.70. The fourth-order valence-electron chi connectivity index (χ4n) is 2.70. The molecule has 0 unspecified atom stereocenters. The van der Waals surface area contributed by atoms with E-state index >= 15 is 0 Å². The van der Waals surface area contributed by atoms with Gasteiger partial charge in [0.15, 0.2) is 0 Å². The maximum Gasteiger partial charge on any atom is 0.227 e. The van der Waals surface area contributed by atoms with Crippen LogP contribution in [0.15, 0.2) is 36.4 Å². The molecule has 0 heterocycles. The van der Waals surface area contributed by atoms with E-state index in [9.17, 15) is 9.59 Å². The molecule has 4 nitrogen and oxygen atoms in total. The van der Waals surface area contributed by atoms with Crippen LogP contribution in [-0.2, 0) is 16.1 Å². The largest absolute Gasteiger partial charge is 0.339 e. The second-order valence-electron chi connectivity index (χ2n) is 5.66. The topological polar surface area (TPSA) is 49.4 Å². The van der Waals surface area contributed by atoms with E-state index in [1.54, 1.807) is 11.8 Å². The predicted octanol–water partition coefficient (Wildman–Crippen LogP) is 3.35. The van der Waals surface area contributed by atoms with E-state index in [0.29, 0.717) is 13.1 Å². The number of carbonyl (C=O) groups is 2. The minimum absolute atomic E-state index is 0.0426. The van der Waals surface area contributed by atoms with Gasteiger partial charge in [-0.2, -0.15) is 0 Å². The van der Waals surface area contributed by atoms with Gasteiger partial charge in [0.1, 0.15) is 0 Å². The number of nitrogens with one attached hydrogen (secondary N) is 1. The molecule has 0 saturated carbocycles. The van der Waals surface area contributed by atoms with E-state index in [0.717, 1.165) is 30.5 Å². The van der Waals surface area contributed by atoms with Gasteiger partial charge in [0.2, 0.25) is 11.8 Å². The first kappa shape index (κ1) is 16.3. The molecule has 0 bridgehead atoms. The van der Waals surface area contributed by atoms with Crippen molar-refractivity contribution in [3.05, 3.63) is 42.0 Å². The molecule has 118 valence electrons. The van der Waals surface area contributed by atoms with Gasteiger partial charge in [0, 0.05) is 31.6 Å². The number of para-hydroxylation sites is 1. The van der Waals surface area contributed by atoms with Crippen molar-refractivity contribution in [3.63, 3.8) is 0 Å². The summed E-state index contributed by atoms with van der Waals surface area (Å²) < 4.78 is 0. The average molecular weight is 300 g/mol. The summed E-state index contributed by atoms with van der Waals surface area (Å²) >= 11 is 0. The van der Waals surface area contributed by atoms with E-state index in [2.05, 4.69) is 17.5 Å². The van der Waals surface area contributed by atoms with Crippen molar-refractivity contribution in [1.29, 1.82) is 0 Å². The van der Waals surface area contributed by atoms with Crippen molar-refractivity contribution in [1.82, 2.24) is 4.90 Å². The van der Waals surface area contributed by atoms with Gasteiger partial charge in [0.05, 0.1) is 0 Å². The van der Waals surface area contributed by atoms with Crippen molar-refractivity contribution in [2.24, 2.45) is 5.92 Å². The quantitative estimate of drug-likeness (QED) is 0.848. The number of amides is 2. The Hall–Kier alpha value is -2.10. The Morgan fingerprint density at radius 3 is 2.68 bits per heavy atom. The highest BCUT2D eigenvalue weighted by Crippen LogP contribution is 2.22. The Balaban J connectivity index is 2.09. The summed E-state index contributed by atoms with van der Waals surface area (Å²) in [6.45, 7) is 4.70. The van der Waals surface area contributed by atoms with Crippen LogP contribution < -0.4 is 5.32 Å². The summed E-state index contributed by atoms with van der Waals surface area (Å²) in [5.41, 5.74) is 1.78. The first-order valence-electron chi connectivity index (χ1n) is 7.91. The zero-order chi connectivity index (χ0) is 15.9. The summed E-state index contributed by atoms with van der Waals surface area (Å²) in [6, 6.07) is 7.70. The second-order valence-corrected chi connectivity index (χ2v) is 5.66. The molecule has 1 aromatic rings. The number of benzene rings is 1. The fraction of sp³-hybridized carbons (Fsp3) is 0.444. The molecule has 22 heavy (non-hydrogen) atoms. The standard InChI is InChI=1S/C18H24N2O2/c1-3-20(14(2)21)13-16-11-7-8-12-17(16)19-18(22)15-9-5-4-6-10-15/h4-5,7-8,11-12,15H,3,6,9-10,13H2,1-2H3,(H,19,22)/t15-/m0/s1. The Bertz CT molecular complexity index is 566. The Kier molecular flexibility index (Phi) is 5.75. The minimum atomic E-state index is 0.0426. The van der Waals surface area contributed by atoms with Gasteiger partial charge >= 0.3 is 0 Å². The van der Waals surface area contributed by atoms with Crippen molar-refractivity contribution in [2.45, 2.75) is 39.7 Å². The van der Waals surface area contributed by atoms with Gasteiger partial charge in [-0.1, -0.05) is 30.4 Å². The SMILES string of the molecule is CCN(Cc1ccccc1NC(=O)[C@H]1CC=CCC1)C(C)=O. The maximum atomic E-state index is 12.4. The number of rotatable bonds is 5. The number of carbonyl (C=O) groups excluding carboxylic acids is 2. The third kappa shape index (κ3) is 4.20. The molecule has 0 saturated heterocycles.